The second-order valence-corrected chi connectivity index (χ2v) is 6.13. The molecule has 0 aromatic carbocycles. The number of piperidine rings is 1. The third-order valence-electron chi connectivity index (χ3n) is 4.96. The van der Waals surface area contributed by atoms with Gasteiger partial charge in [0.2, 0.25) is 0 Å². The lowest BCUT2D eigenvalue weighted by Gasteiger charge is -2.38. The van der Waals surface area contributed by atoms with Crippen molar-refractivity contribution in [3.05, 3.63) is 18.2 Å². The number of nitrogens with zero attached hydrogens (tertiary/aromatic N) is 3. The Labute approximate surface area is 116 Å². The van der Waals surface area contributed by atoms with Crippen LogP contribution in [0.2, 0.25) is 0 Å². The Hall–Kier alpha value is -0.870. The fraction of sp³-hybridized carbons (Fsp3) is 0.800. The van der Waals surface area contributed by atoms with Gasteiger partial charge in [0.05, 0.1) is 6.54 Å². The third-order valence-corrected chi connectivity index (χ3v) is 4.96. The molecule has 3 heterocycles. The molecule has 2 saturated heterocycles. The minimum atomic E-state index is 0.785. The molecule has 19 heavy (non-hydrogen) atoms. The van der Waals surface area contributed by atoms with Crippen LogP contribution < -0.4 is 0 Å². The van der Waals surface area contributed by atoms with Crippen molar-refractivity contribution in [2.75, 3.05) is 26.2 Å². The van der Waals surface area contributed by atoms with Crippen molar-refractivity contribution in [3.8, 4) is 0 Å². The molecule has 2 fully saturated rings. The summed E-state index contributed by atoms with van der Waals surface area (Å²) in [6.45, 7) is 8.53. The number of rotatable bonds is 4. The maximum Gasteiger partial charge on any atom is 0.120 e. The van der Waals surface area contributed by atoms with Crippen LogP contribution in [0.3, 0.4) is 0 Å². The minimum Gasteiger partial charge on any atom is -0.348 e. The van der Waals surface area contributed by atoms with Gasteiger partial charge in [-0.3, -0.25) is 4.90 Å². The Morgan fingerprint density at radius 1 is 1.26 bits per heavy atom. The molecule has 0 saturated carbocycles. The second kappa shape index (κ2) is 6.06. The van der Waals surface area contributed by atoms with Crippen LogP contribution in [0.1, 0.15) is 38.4 Å². The molecule has 4 heteroatoms. The summed E-state index contributed by atoms with van der Waals surface area (Å²) in [4.78, 5) is 12.8. The number of nitrogens with one attached hydrogen (secondary N) is 1. The number of H-pyrrole nitrogens is 1. The average Bonchev–Trinajstić information content (AvgIpc) is 3.12. The van der Waals surface area contributed by atoms with Gasteiger partial charge in [-0.05, 0) is 64.7 Å². The molecule has 1 aromatic heterocycles. The predicted octanol–water partition coefficient (Wildman–Crippen LogP) is 2.11. The van der Waals surface area contributed by atoms with E-state index < -0.39 is 0 Å². The molecule has 2 aliphatic heterocycles. The lowest BCUT2D eigenvalue weighted by molar-refractivity contribution is 0.106. The van der Waals surface area contributed by atoms with Crippen LogP contribution in [0.4, 0.5) is 0 Å². The van der Waals surface area contributed by atoms with Gasteiger partial charge in [-0.25, -0.2) is 4.98 Å². The molecule has 1 N–H and O–H groups in total. The SMILES string of the molecule is C[C@H](C1CCN(Cc2ncc[nH]2)CC1)N1CCCC1. The number of aromatic amines is 1. The number of imidazole rings is 1. The minimum absolute atomic E-state index is 0.785. The summed E-state index contributed by atoms with van der Waals surface area (Å²) in [5, 5.41) is 0. The molecule has 0 bridgehead atoms. The molecule has 0 radical (unpaired) electrons. The highest BCUT2D eigenvalue weighted by atomic mass is 15.2. The Morgan fingerprint density at radius 2 is 2.00 bits per heavy atom. The van der Waals surface area contributed by atoms with Crippen molar-refractivity contribution in [2.24, 2.45) is 5.92 Å². The van der Waals surface area contributed by atoms with E-state index in [1.807, 2.05) is 12.4 Å². The Kier molecular flexibility index (Phi) is 4.18. The topological polar surface area (TPSA) is 35.2 Å². The van der Waals surface area contributed by atoms with Gasteiger partial charge in [0.25, 0.3) is 0 Å². The van der Waals surface area contributed by atoms with E-state index in [-0.39, 0.29) is 0 Å². The van der Waals surface area contributed by atoms with Crippen molar-refractivity contribution in [3.63, 3.8) is 0 Å². The van der Waals surface area contributed by atoms with Crippen LogP contribution in [0.5, 0.6) is 0 Å². The number of aromatic nitrogens is 2. The summed E-state index contributed by atoms with van der Waals surface area (Å²) in [7, 11) is 0. The molecule has 106 valence electrons. The van der Waals surface area contributed by atoms with Crippen molar-refractivity contribution in [1.29, 1.82) is 0 Å². The number of hydrogen-bond donors (Lipinski definition) is 1. The first kappa shape index (κ1) is 13.1. The fourth-order valence-corrected chi connectivity index (χ4v) is 3.64. The molecule has 1 atom stereocenters. The maximum atomic E-state index is 4.32. The zero-order valence-corrected chi connectivity index (χ0v) is 12.0. The van der Waals surface area contributed by atoms with Crippen LogP contribution >= 0.6 is 0 Å². The van der Waals surface area contributed by atoms with Gasteiger partial charge in [-0.2, -0.15) is 0 Å². The first-order chi connectivity index (χ1) is 9.33. The fourth-order valence-electron chi connectivity index (χ4n) is 3.64. The number of hydrogen-bond acceptors (Lipinski definition) is 3. The number of likely N-dealkylation sites (tertiary alicyclic amines) is 2. The van der Waals surface area contributed by atoms with Gasteiger partial charge < -0.3 is 9.88 Å². The van der Waals surface area contributed by atoms with E-state index in [9.17, 15) is 0 Å². The van der Waals surface area contributed by atoms with E-state index >= 15 is 0 Å². The summed E-state index contributed by atoms with van der Waals surface area (Å²) in [6.07, 6.45) is 9.26. The van der Waals surface area contributed by atoms with Gasteiger partial charge >= 0.3 is 0 Å². The van der Waals surface area contributed by atoms with Crippen LogP contribution in [-0.4, -0.2) is 52.0 Å². The molecule has 2 aliphatic rings. The molecule has 0 aliphatic carbocycles. The molecule has 0 amide bonds. The highest BCUT2D eigenvalue weighted by Gasteiger charge is 2.28. The summed E-state index contributed by atoms with van der Waals surface area (Å²) < 4.78 is 0. The summed E-state index contributed by atoms with van der Waals surface area (Å²) in [5.41, 5.74) is 0. The van der Waals surface area contributed by atoms with Gasteiger partial charge in [-0.1, -0.05) is 0 Å². The second-order valence-electron chi connectivity index (χ2n) is 6.13. The first-order valence-electron chi connectivity index (χ1n) is 7.77. The van der Waals surface area contributed by atoms with E-state index in [0.717, 1.165) is 24.3 Å². The Balaban J connectivity index is 1.46. The zero-order valence-electron chi connectivity index (χ0n) is 12.0. The van der Waals surface area contributed by atoms with Crippen molar-refractivity contribution < 1.29 is 0 Å². The molecule has 0 spiro atoms. The van der Waals surface area contributed by atoms with E-state index in [2.05, 4.69) is 26.7 Å². The monoisotopic (exact) mass is 262 g/mol. The largest absolute Gasteiger partial charge is 0.348 e. The smallest absolute Gasteiger partial charge is 0.120 e. The van der Waals surface area contributed by atoms with E-state index in [1.54, 1.807) is 0 Å². The van der Waals surface area contributed by atoms with Gasteiger partial charge in [0.15, 0.2) is 0 Å². The molecule has 3 rings (SSSR count). The van der Waals surface area contributed by atoms with Gasteiger partial charge in [0.1, 0.15) is 5.82 Å². The normalized spacial score (nSPS) is 24.9. The molecule has 0 unspecified atom stereocenters. The Morgan fingerprint density at radius 3 is 2.63 bits per heavy atom. The van der Waals surface area contributed by atoms with Crippen LogP contribution in [0.15, 0.2) is 12.4 Å². The highest BCUT2D eigenvalue weighted by molar-refractivity contribution is 4.89. The van der Waals surface area contributed by atoms with Gasteiger partial charge in [0, 0.05) is 18.4 Å². The maximum absolute atomic E-state index is 4.32. The standard InChI is InChI=1S/C15H26N4/c1-13(19-8-2-3-9-19)14-4-10-18(11-5-14)12-15-16-6-7-17-15/h6-7,13-14H,2-5,8-12H2,1H3,(H,16,17)/t13-/m1/s1. The third kappa shape index (κ3) is 3.18. The molecular formula is C15H26N4. The summed E-state index contributed by atoms with van der Waals surface area (Å²) in [5.74, 6) is 2.00. The first-order valence-corrected chi connectivity index (χ1v) is 7.77. The molecule has 4 nitrogen and oxygen atoms in total. The summed E-state index contributed by atoms with van der Waals surface area (Å²) in [6, 6.07) is 0.785. The van der Waals surface area contributed by atoms with Crippen molar-refractivity contribution in [2.45, 2.75) is 45.2 Å². The molecular weight excluding hydrogens is 236 g/mol. The average molecular weight is 262 g/mol. The van der Waals surface area contributed by atoms with E-state index in [4.69, 9.17) is 0 Å². The van der Waals surface area contributed by atoms with Crippen LogP contribution in [-0.2, 0) is 6.54 Å². The van der Waals surface area contributed by atoms with Crippen molar-refractivity contribution in [1.82, 2.24) is 19.8 Å². The van der Waals surface area contributed by atoms with Gasteiger partial charge in [-0.15, -0.1) is 0 Å². The predicted molar refractivity (Wildman–Crippen MR) is 76.9 cm³/mol. The quantitative estimate of drug-likeness (QED) is 0.902. The lowest BCUT2D eigenvalue weighted by atomic mass is 9.89. The molecule has 1 aromatic rings. The van der Waals surface area contributed by atoms with E-state index in [0.29, 0.717) is 0 Å². The van der Waals surface area contributed by atoms with E-state index in [1.165, 1.54) is 51.9 Å². The zero-order chi connectivity index (χ0) is 13.1. The highest BCUT2D eigenvalue weighted by Crippen LogP contribution is 2.26. The summed E-state index contributed by atoms with van der Waals surface area (Å²) >= 11 is 0. The lowest BCUT2D eigenvalue weighted by Crippen LogP contribution is -2.43. The van der Waals surface area contributed by atoms with Crippen LogP contribution in [0, 0.1) is 5.92 Å². The van der Waals surface area contributed by atoms with Crippen molar-refractivity contribution >= 4 is 0 Å². The Bertz CT molecular complexity index is 362. The van der Waals surface area contributed by atoms with Crippen LogP contribution in [0.25, 0.3) is 0 Å².